The van der Waals surface area contributed by atoms with E-state index in [0.717, 1.165) is 52.0 Å². The molecule has 3 atom stereocenters. The zero-order valence-corrected chi connectivity index (χ0v) is 18.1. The van der Waals surface area contributed by atoms with Gasteiger partial charge < -0.3 is 20.1 Å². The van der Waals surface area contributed by atoms with E-state index in [2.05, 4.69) is 36.3 Å². The number of guanidine groups is 1. The van der Waals surface area contributed by atoms with E-state index in [1.165, 1.54) is 38.5 Å². The molecule has 0 aromatic carbocycles. The number of aliphatic imine (C=N–C) groups is 1. The maximum Gasteiger partial charge on any atom is 0.191 e. The fraction of sp³-hybridized carbons (Fsp3) is 0.955. The van der Waals surface area contributed by atoms with Crippen LogP contribution in [-0.4, -0.2) is 74.5 Å². The average molecular weight is 393 g/mol. The number of morpholine rings is 1. The Balaban J connectivity index is 1.46. The van der Waals surface area contributed by atoms with Crippen LogP contribution in [0.2, 0.25) is 0 Å². The van der Waals surface area contributed by atoms with Gasteiger partial charge in [0.1, 0.15) is 0 Å². The van der Waals surface area contributed by atoms with Gasteiger partial charge in [0.15, 0.2) is 5.96 Å². The molecule has 4 rings (SSSR count). The first kappa shape index (κ1) is 20.4. The van der Waals surface area contributed by atoms with Gasteiger partial charge in [-0.05, 0) is 26.2 Å². The Morgan fingerprint density at radius 3 is 2.57 bits per heavy atom. The summed E-state index contributed by atoms with van der Waals surface area (Å²) in [5.74, 6) is 1.62. The summed E-state index contributed by atoms with van der Waals surface area (Å²) in [5, 5.41) is 7.31. The maximum atomic E-state index is 5.97. The Morgan fingerprint density at radius 1 is 1.11 bits per heavy atom. The lowest BCUT2D eigenvalue weighted by Crippen LogP contribution is -2.68. The van der Waals surface area contributed by atoms with Crippen LogP contribution in [0.3, 0.4) is 0 Å². The van der Waals surface area contributed by atoms with Crippen molar-refractivity contribution in [2.24, 2.45) is 16.3 Å². The summed E-state index contributed by atoms with van der Waals surface area (Å²) in [6, 6.07) is 0.448. The van der Waals surface area contributed by atoms with Crippen molar-refractivity contribution in [3.8, 4) is 0 Å². The molecule has 3 unspecified atom stereocenters. The molecule has 6 heteroatoms. The van der Waals surface area contributed by atoms with E-state index in [9.17, 15) is 0 Å². The molecular weight excluding hydrogens is 352 g/mol. The predicted molar refractivity (Wildman–Crippen MR) is 113 cm³/mol. The van der Waals surface area contributed by atoms with Crippen molar-refractivity contribution in [1.82, 2.24) is 15.5 Å². The Bertz CT molecular complexity index is 553. The van der Waals surface area contributed by atoms with E-state index in [1.54, 1.807) is 0 Å². The number of fused-ring (bicyclic) bond motifs is 1. The van der Waals surface area contributed by atoms with Gasteiger partial charge in [0.25, 0.3) is 0 Å². The Labute approximate surface area is 170 Å². The number of hydrogen-bond donors (Lipinski definition) is 2. The molecule has 2 N–H and O–H groups in total. The maximum absolute atomic E-state index is 5.97. The topological polar surface area (TPSA) is 58.1 Å². The van der Waals surface area contributed by atoms with E-state index < -0.39 is 0 Å². The van der Waals surface area contributed by atoms with Gasteiger partial charge >= 0.3 is 0 Å². The van der Waals surface area contributed by atoms with E-state index in [-0.39, 0.29) is 11.0 Å². The van der Waals surface area contributed by atoms with Crippen LogP contribution in [0.4, 0.5) is 0 Å². The molecule has 0 radical (unpaired) electrons. The monoisotopic (exact) mass is 392 g/mol. The minimum Gasteiger partial charge on any atom is -0.379 e. The molecule has 4 aliphatic rings. The third kappa shape index (κ3) is 3.80. The summed E-state index contributed by atoms with van der Waals surface area (Å²) in [5.41, 5.74) is 0.391. The van der Waals surface area contributed by atoms with E-state index in [1.807, 2.05) is 0 Å². The zero-order chi connectivity index (χ0) is 19.6. The molecule has 0 amide bonds. The van der Waals surface area contributed by atoms with Crippen molar-refractivity contribution < 1.29 is 9.47 Å². The van der Waals surface area contributed by atoms with Gasteiger partial charge in [0, 0.05) is 49.2 Å². The Kier molecular flexibility index (Phi) is 6.19. The molecule has 2 saturated carbocycles. The molecule has 160 valence electrons. The quantitative estimate of drug-likeness (QED) is 0.556. The van der Waals surface area contributed by atoms with Crippen LogP contribution in [0.25, 0.3) is 0 Å². The van der Waals surface area contributed by atoms with Gasteiger partial charge in [0.05, 0.1) is 25.9 Å². The molecule has 0 aromatic heterocycles. The summed E-state index contributed by atoms with van der Waals surface area (Å²) in [7, 11) is 0. The molecule has 0 bridgehead atoms. The van der Waals surface area contributed by atoms with Crippen molar-refractivity contribution in [2.75, 3.05) is 46.0 Å². The number of hydrogen-bond acceptors (Lipinski definition) is 4. The van der Waals surface area contributed by atoms with Gasteiger partial charge in [-0.3, -0.25) is 9.89 Å². The standard InChI is InChI=1S/C22H40N4O2/c1-4-23-20(25-18-17-8-13-28-19(17)21(18,2)3)24-16-22(9-6-5-7-10-22)26-11-14-27-15-12-26/h17-19H,4-16H2,1-3H3,(H2,23,24,25). The fourth-order valence-electron chi connectivity index (χ4n) is 6.13. The lowest BCUT2D eigenvalue weighted by molar-refractivity contribution is -0.106. The molecule has 2 aliphatic carbocycles. The van der Waals surface area contributed by atoms with Gasteiger partial charge in [-0.2, -0.15) is 0 Å². The lowest BCUT2D eigenvalue weighted by Gasteiger charge is -2.55. The number of rotatable bonds is 5. The molecule has 0 aromatic rings. The SMILES string of the molecule is CCNC(=NCC1(N2CCOCC2)CCCCC1)NC1C2CCOC2C1(C)C. The Hall–Kier alpha value is -0.850. The van der Waals surface area contributed by atoms with Crippen molar-refractivity contribution in [3.05, 3.63) is 0 Å². The third-order valence-corrected chi connectivity index (χ3v) is 7.73. The molecule has 2 heterocycles. The highest BCUT2D eigenvalue weighted by molar-refractivity contribution is 5.80. The minimum atomic E-state index is 0.171. The van der Waals surface area contributed by atoms with Crippen molar-refractivity contribution >= 4 is 5.96 Å². The molecule has 2 saturated heterocycles. The average Bonchev–Trinajstić information content (AvgIpc) is 3.19. The lowest BCUT2D eigenvalue weighted by atomic mass is 9.57. The normalized spacial score (nSPS) is 35.1. The second kappa shape index (κ2) is 8.49. The molecule has 4 fully saturated rings. The highest BCUT2D eigenvalue weighted by Gasteiger charge is 2.59. The van der Waals surface area contributed by atoms with Crippen molar-refractivity contribution in [2.45, 2.75) is 77.0 Å². The number of nitrogens with one attached hydrogen (secondary N) is 2. The highest BCUT2D eigenvalue weighted by atomic mass is 16.5. The van der Waals surface area contributed by atoms with Crippen LogP contribution in [0.5, 0.6) is 0 Å². The smallest absolute Gasteiger partial charge is 0.191 e. The third-order valence-electron chi connectivity index (χ3n) is 7.73. The zero-order valence-electron chi connectivity index (χ0n) is 18.1. The van der Waals surface area contributed by atoms with Crippen LogP contribution in [0.15, 0.2) is 4.99 Å². The largest absolute Gasteiger partial charge is 0.379 e. The van der Waals surface area contributed by atoms with Crippen molar-refractivity contribution in [3.63, 3.8) is 0 Å². The molecule has 2 aliphatic heterocycles. The summed E-state index contributed by atoms with van der Waals surface area (Å²) in [6.07, 6.45) is 8.13. The molecule has 28 heavy (non-hydrogen) atoms. The van der Waals surface area contributed by atoms with Gasteiger partial charge in [-0.1, -0.05) is 33.1 Å². The fourth-order valence-corrected chi connectivity index (χ4v) is 6.13. The van der Waals surface area contributed by atoms with Crippen molar-refractivity contribution in [1.29, 1.82) is 0 Å². The summed E-state index contributed by atoms with van der Waals surface area (Å²) in [6.45, 7) is 13.3. The first-order valence-corrected chi connectivity index (χ1v) is 11.6. The van der Waals surface area contributed by atoms with Crippen LogP contribution in [0.1, 0.15) is 59.3 Å². The van der Waals surface area contributed by atoms with Crippen LogP contribution >= 0.6 is 0 Å². The molecule has 6 nitrogen and oxygen atoms in total. The van der Waals surface area contributed by atoms with Crippen LogP contribution in [0, 0.1) is 11.3 Å². The minimum absolute atomic E-state index is 0.171. The van der Waals surface area contributed by atoms with Gasteiger partial charge in [0.2, 0.25) is 0 Å². The predicted octanol–water partition coefficient (Wildman–Crippen LogP) is 2.39. The van der Waals surface area contributed by atoms with Crippen LogP contribution in [-0.2, 0) is 9.47 Å². The van der Waals surface area contributed by atoms with Gasteiger partial charge in [-0.15, -0.1) is 0 Å². The summed E-state index contributed by atoms with van der Waals surface area (Å²) >= 11 is 0. The van der Waals surface area contributed by atoms with Crippen LogP contribution < -0.4 is 10.6 Å². The van der Waals surface area contributed by atoms with E-state index in [4.69, 9.17) is 14.5 Å². The highest BCUT2D eigenvalue weighted by Crippen LogP contribution is 2.52. The van der Waals surface area contributed by atoms with E-state index >= 15 is 0 Å². The summed E-state index contributed by atoms with van der Waals surface area (Å²) in [4.78, 5) is 7.83. The number of nitrogens with zero attached hydrogens (tertiary/aromatic N) is 2. The summed E-state index contributed by atoms with van der Waals surface area (Å²) < 4.78 is 11.6. The Morgan fingerprint density at radius 2 is 1.86 bits per heavy atom. The molecular formula is C22H40N4O2. The van der Waals surface area contributed by atoms with Gasteiger partial charge in [-0.25, -0.2) is 0 Å². The van der Waals surface area contributed by atoms with E-state index in [0.29, 0.717) is 18.1 Å². The first-order chi connectivity index (χ1) is 13.6. The first-order valence-electron chi connectivity index (χ1n) is 11.6. The second-order valence-corrected chi connectivity index (χ2v) is 9.77. The number of ether oxygens (including phenoxy) is 2. The molecule has 0 spiro atoms. The second-order valence-electron chi connectivity index (χ2n) is 9.77.